The molecule has 0 radical (unpaired) electrons. The van der Waals surface area contributed by atoms with E-state index in [0.717, 1.165) is 23.4 Å². The van der Waals surface area contributed by atoms with Crippen molar-refractivity contribution in [2.75, 3.05) is 0 Å². The topological polar surface area (TPSA) is 65.1 Å². The number of aromatic nitrogens is 1. The Morgan fingerprint density at radius 2 is 1.45 bits per heavy atom. The fourth-order valence-corrected chi connectivity index (χ4v) is 5.46. The molecular formula is C26H40N2O2S. The second-order valence-electron chi connectivity index (χ2n) is 11.5. The van der Waals surface area contributed by atoms with Gasteiger partial charge < -0.3 is 4.57 Å². The van der Waals surface area contributed by atoms with Gasteiger partial charge in [0.2, 0.25) is 10.0 Å². The molecule has 1 saturated carbocycles. The Morgan fingerprint density at radius 1 is 0.935 bits per heavy atom. The van der Waals surface area contributed by atoms with E-state index < -0.39 is 10.0 Å². The second kappa shape index (κ2) is 8.40. The molecule has 1 fully saturated rings. The first-order valence-electron chi connectivity index (χ1n) is 11.6. The van der Waals surface area contributed by atoms with Crippen LogP contribution in [0.1, 0.15) is 96.0 Å². The predicted octanol–water partition coefficient (Wildman–Crippen LogP) is 6.15. The molecule has 0 amide bonds. The summed E-state index contributed by atoms with van der Waals surface area (Å²) in [5.74, 6) is 0.599. The number of primary sulfonamides is 1. The zero-order chi connectivity index (χ0) is 23.2. The monoisotopic (exact) mass is 444 g/mol. The number of sulfonamides is 1. The Labute approximate surface area is 189 Å². The fraction of sp³-hybridized carbons (Fsp3) is 0.615. The van der Waals surface area contributed by atoms with Gasteiger partial charge in [0.25, 0.3) is 0 Å². The molecule has 1 aliphatic carbocycles. The van der Waals surface area contributed by atoms with E-state index in [-0.39, 0.29) is 15.7 Å². The predicted molar refractivity (Wildman–Crippen MR) is 130 cm³/mol. The van der Waals surface area contributed by atoms with Crippen molar-refractivity contribution in [1.82, 2.24) is 4.57 Å². The van der Waals surface area contributed by atoms with Crippen LogP contribution in [0.4, 0.5) is 0 Å². The van der Waals surface area contributed by atoms with E-state index in [1.807, 2.05) is 6.92 Å². The van der Waals surface area contributed by atoms with E-state index in [9.17, 15) is 8.42 Å². The lowest BCUT2D eigenvalue weighted by Gasteiger charge is -2.27. The first-order valence-corrected chi connectivity index (χ1v) is 13.1. The summed E-state index contributed by atoms with van der Waals surface area (Å²) in [7, 11) is -3.78. The molecule has 0 unspecified atom stereocenters. The van der Waals surface area contributed by atoms with Gasteiger partial charge in [-0.1, -0.05) is 79.7 Å². The van der Waals surface area contributed by atoms with Crippen molar-refractivity contribution >= 4 is 10.0 Å². The molecule has 5 heteroatoms. The second-order valence-corrected chi connectivity index (χ2v) is 13.0. The molecule has 1 aromatic carbocycles. The fourth-order valence-electron chi connectivity index (χ4n) is 4.66. The molecule has 31 heavy (non-hydrogen) atoms. The van der Waals surface area contributed by atoms with Crippen LogP contribution in [-0.4, -0.2) is 13.0 Å². The molecule has 0 aliphatic heterocycles. The highest BCUT2D eigenvalue weighted by atomic mass is 32.2. The third kappa shape index (κ3) is 5.43. The molecule has 2 aromatic rings. The highest BCUT2D eigenvalue weighted by molar-refractivity contribution is 7.89. The Kier molecular flexibility index (Phi) is 6.52. The summed E-state index contributed by atoms with van der Waals surface area (Å²) in [6.07, 6.45) is 8.90. The number of nitrogens with zero attached hydrogens (tertiary/aromatic N) is 1. The number of hydrogen-bond donors (Lipinski definition) is 1. The van der Waals surface area contributed by atoms with Gasteiger partial charge in [0.1, 0.15) is 4.90 Å². The van der Waals surface area contributed by atoms with E-state index >= 15 is 0 Å². The minimum Gasteiger partial charge on any atom is -0.319 e. The van der Waals surface area contributed by atoms with Crippen LogP contribution in [0.5, 0.6) is 0 Å². The highest BCUT2D eigenvalue weighted by Crippen LogP contribution is 2.35. The molecular weight excluding hydrogens is 404 g/mol. The number of benzene rings is 1. The van der Waals surface area contributed by atoms with Gasteiger partial charge in [-0.05, 0) is 58.9 Å². The van der Waals surface area contributed by atoms with Gasteiger partial charge in [-0.3, -0.25) is 0 Å². The van der Waals surface area contributed by atoms with E-state index in [1.165, 1.54) is 43.2 Å². The summed E-state index contributed by atoms with van der Waals surface area (Å²) in [5, 5.41) is 5.61. The van der Waals surface area contributed by atoms with Crippen molar-refractivity contribution in [2.45, 2.75) is 103 Å². The van der Waals surface area contributed by atoms with Crippen molar-refractivity contribution in [3.8, 4) is 5.69 Å². The van der Waals surface area contributed by atoms with E-state index in [1.54, 1.807) is 6.20 Å². The van der Waals surface area contributed by atoms with Gasteiger partial charge in [-0.25, -0.2) is 13.6 Å². The minimum atomic E-state index is -3.78. The van der Waals surface area contributed by atoms with Crippen LogP contribution in [0.2, 0.25) is 0 Å². The molecule has 0 spiro atoms. The number of hydrogen-bond acceptors (Lipinski definition) is 2. The minimum absolute atomic E-state index is 0.00941. The smallest absolute Gasteiger partial charge is 0.239 e. The zero-order valence-corrected chi connectivity index (χ0v) is 21.2. The summed E-state index contributed by atoms with van der Waals surface area (Å²) in [4.78, 5) is 0.247. The van der Waals surface area contributed by atoms with Crippen LogP contribution < -0.4 is 5.14 Å². The lowest BCUT2D eigenvalue weighted by molar-refractivity contribution is 0.352. The van der Waals surface area contributed by atoms with Crippen LogP contribution >= 0.6 is 0 Å². The first kappa shape index (κ1) is 24.1. The van der Waals surface area contributed by atoms with Gasteiger partial charge in [0, 0.05) is 17.6 Å². The summed E-state index contributed by atoms with van der Waals surface area (Å²) in [6, 6.07) is 6.72. The largest absolute Gasteiger partial charge is 0.319 e. The third-order valence-corrected chi connectivity index (χ3v) is 7.81. The average molecular weight is 445 g/mol. The van der Waals surface area contributed by atoms with Crippen molar-refractivity contribution in [3.63, 3.8) is 0 Å². The Hall–Kier alpha value is -1.59. The van der Waals surface area contributed by atoms with Gasteiger partial charge in [-0.15, -0.1) is 0 Å². The van der Waals surface area contributed by atoms with Crippen molar-refractivity contribution in [1.29, 1.82) is 0 Å². The average Bonchev–Trinajstić information content (AvgIpc) is 2.97. The summed E-state index contributed by atoms with van der Waals surface area (Å²) in [6.45, 7) is 15.2. The Bertz CT molecular complexity index is 1010. The molecule has 0 bridgehead atoms. The molecule has 3 rings (SSSR count). The summed E-state index contributed by atoms with van der Waals surface area (Å²) < 4.78 is 26.8. The van der Waals surface area contributed by atoms with Crippen molar-refractivity contribution < 1.29 is 8.42 Å². The van der Waals surface area contributed by atoms with Crippen LogP contribution in [0.15, 0.2) is 29.3 Å². The van der Waals surface area contributed by atoms with Crippen LogP contribution in [0.25, 0.3) is 5.69 Å². The summed E-state index contributed by atoms with van der Waals surface area (Å²) in [5.41, 5.74) is 5.40. The van der Waals surface area contributed by atoms with Crippen molar-refractivity contribution in [2.24, 2.45) is 11.1 Å². The summed E-state index contributed by atoms with van der Waals surface area (Å²) >= 11 is 0. The molecule has 4 nitrogen and oxygen atoms in total. The van der Waals surface area contributed by atoms with E-state index in [2.05, 4.69) is 64.3 Å². The number of rotatable bonds is 4. The molecule has 1 aromatic heterocycles. The number of nitrogens with two attached hydrogens (primary N) is 1. The Morgan fingerprint density at radius 3 is 1.90 bits per heavy atom. The van der Waals surface area contributed by atoms with Gasteiger partial charge in [-0.2, -0.15) is 0 Å². The standard InChI is InChI=1S/C26H40N2O2S/c1-18-23(13-19-11-9-8-10-12-19)28(17-24(18)31(27,29)30)22-15-20(25(2,3)4)14-21(16-22)26(5,6)7/h14-17,19H,8-13H2,1-7H3,(H2,27,29,30). The van der Waals surface area contributed by atoms with Crippen LogP contribution in [0, 0.1) is 12.8 Å². The molecule has 0 saturated heterocycles. The van der Waals surface area contributed by atoms with E-state index in [0.29, 0.717) is 5.92 Å². The maximum atomic E-state index is 12.4. The highest BCUT2D eigenvalue weighted by Gasteiger charge is 2.26. The lowest BCUT2D eigenvalue weighted by atomic mass is 9.80. The molecule has 172 valence electrons. The zero-order valence-electron chi connectivity index (χ0n) is 20.4. The SMILES string of the molecule is Cc1c(S(N)(=O)=O)cn(-c2cc(C(C)(C)C)cc(C(C)(C)C)c2)c1CC1CCCCC1. The van der Waals surface area contributed by atoms with E-state index in [4.69, 9.17) is 5.14 Å². The van der Waals surface area contributed by atoms with Crippen LogP contribution in [0.3, 0.4) is 0 Å². The quantitative estimate of drug-likeness (QED) is 0.614. The van der Waals surface area contributed by atoms with Crippen LogP contribution in [-0.2, 0) is 27.3 Å². The molecule has 2 N–H and O–H groups in total. The lowest BCUT2D eigenvalue weighted by Crippen LogP contribution is -2.18. The first-order chi connectivity index (χ1) is 14.2. The maximum Gasteiger partial charge on any atom is 0.239 e. The molecule has 1 aliphatic rings. The van der Waals surface area contributed by atoms with Gasteiger partial charge in [0.05, 0.1) is 0 Å². The molecule has 1 heterocycles. The van der Waals surface area contributed by atoms with Gasteiger partial charge >= 0.3 is 0 Å². The van der Waals surface area contributed by atoms with Gasteiger partial charge in [0.15, 0.2) is 0 Å². The maximum absolute atomic E-state index is 12.4. The third-order valence-electron chi connectivity index (χ3n) is 6.78. The Balaban J connectivity index is 2.23. The molecule has 0 atom stereocenters. The van der Waals surface area contributed by atoms with Crippen molar-refractivity contribution in [3.05, 3.63) is 46.8 Å². The normalized spacial score (nSPS) is 16.6.